The van der Waals surface area contributed by atoms with Gasteiger partial charge in [0.2, 0.25) is 0 Å². The highest BCUT2D eigenvalue weighted by Crippen LogP contribution is 2.14. The van der Waals surface area contributed by atoms with Gasteiger partial charge in [-0.3, -0.25) is 4.68 Å². The van der Waals surface area contributed by atoms with Gasteiger partial charge < -0.3 is 5.32 Å². The van der Waals surface area contributed by atoms with Gasteiger partial charge in [0.25, 0.3) is 0 Å². The van der Waals surface area contributed by atoms with Crippen LogP contribution < -0.4 is 5.32 Å². The molecule has 0 fully saturated rings. The Morgan fingerprint density at radius 3 is 2.57 bits per heavy atom. The largest absolute Gasteiger partial charge is 0.313 e. The van der Waals surface area contributed by atoms with Crippen molar-refractivity contribution in [2.24, 2.45) is 0 Å². The molecule has 4 heteroatoms. The molecule has 1 heterocycles. The van der Waals surface area contributed by atoms with Gasteiger partial charge in [-0.05, 0) is 37.1 Å². The lowest BCUT2D eigenvalue weighted by Crippen LogP contribution is -2.15. The summed E-state index contributed by atoms with van der Waals surface area (Å²) in [7, 11) is 0. The van der Waals surface area contributed by atoms with E-state index in [-0.39, 0.29) is 5.82 Å². The molecule has 2 aromatic rings. The lowest BCUT2D eigenvalue weighted by Gasteiger charge is -2.10. The molecular formula is C17H24FN3. The molecule has 0 bridgehead atoms. The maximum Gasteiger partial charge on any atom is 0.123 e. The van der Waals surface area contributed by atoms with Crippen LogP contribution in [-0.2, 0) is 19.5 Å². The minimum atomic E-state index is -0.197. The first kappa shape index (κ1) is 15.7. The van der Waals surface area contributed by atoms with Crippen LogP contribution in [0.4, 0.5) is 4.39 Å². The van der Waals surface area contributed by atoms with Crippen molar-refractivity contribution < 1.29 is 4.39 Å². The van der Waals surface area contributed by atoms with Gasteiger partial charge in [0.05, 0.1) is 12.7 Å². The first-order chi connectivity index (χ1) is 10.2. The van der Waals surface area contributed by atoms with Crippen LogP contribution in [0.25, 0.3) is 0 Å². The van der Waals surface area contributed by atoms with Gasteiger partial charge in [-0.25, -0.2) is 4.39 Å². The maximum absolute atomic E-state index is 13.0. The van der Waals surface area contributed by atoms with Crippen LogP contribution >= 0.6 is 0 Å². The first-order valence-electron chi connectivity index (χ1n) is 7.73. The van der Waals surface area contributed by atoms with E-state index < -0.39 is 0 Å². The number of rotatable bonds is 8. The minimum Gasteiger partial charge on any atom is -0.313 e. The molecule has 21 heavy (non-hydrogen) atoms. The summed E-state index contributed by atoms with van der Waals surface area (Å²) in [5, 5.41) is 7.95. The second kappa shape index (κ2) is 7.93. The molecule has 0 unspecified atom stereocenters. The SMILES string of the molecule is CCCNCc1cnn(Cc2ccc(F)cc2)c1CCC. The monoisotopic (exact) mass is 289 g/mol. The van der Waals surface area contributed by atoms with E-state index in [0.29, 0.717) is 6.54 Å². The summed E-state index contributed by atoms with van der Waals surface area (Å²) >= 11 is 0. The predicted octanol–water partition coefficient (Wildman–Crippen LogP) is 3.52. The molecule has 0 atom stereocenters. The van der Waals surface area contributed by atoms with Crippen molar-refractivity contribution in [2.75, 3.05) is 6.54 Å². The Morgan fingerprint density at radius 2 is 1.90 bits per heavy atom. The Balaban J connectivity index is 2.12. The van der Waals surface area contributed by atoms with Crippen LogP contribution in [0.15, 0.2) is 30.5 Å². The molecule has 0 aliphatic carbocycles. The van der Waals surface area contributed by atoms with Gasteiger partial charge >= 0.3 is 0 Å². The van der Waals surface area contributed by atoms with Crippen LogP contribution in [0.2, 0.25) is 0 Å². The molecule has 0 saturated heterocycles. The van der Waals surface area contributed by atoms with Gasteiger partial charge in [0.1, 0.15) is 5.82 Å². The Morgan fingerprint density at radius 1 is 1.14 bits per heavy atom. The molecule has 0 aliphatic rings. The molecule has 1 aromatic carbocycles. The van der Waals surface area contributed by atoms with Gasteiger partial charge in [0, 0.05) is 17.8 Å². The number of nitrogens with one attached hydrogen (secondary N) is 1. The predicted molar refractivity (Wildman–Crippen MR) is 83.7 cm³/mol. The maximum atomic E-state index is 13.0. The van der Waals surface area contributed by atoms with Gasteiger partial charge in [-0.2, -0.15) is 5.10 Å². The summed E-state index contributed by atoms with van der Waals surface area (Å²) in [5.41, 5.74) is 3.63. The van der Waals surface area contributed by atoms with Crippen molar-refractivity contribution in [3.63, 3.8) is 0 Å². The lowest BCUT2D eigenvalue weighted by molar-refractivity contribution is 0.615. The van der Waals surface area contributed by atoms with Gasteiger partial charge in [-0.15, -0.1) is 0 Å². The molecule has 0 amide bonds. The summed E-state index contributed by atoms with van der Waals surface area (Å²) in [6, 6.07) is 6.65. The van der Waals surface area contributed by atoms with Crippen LogP contribution in [0.3, 0.4) is 0 Å². The minimum absolute atomic E-state index is 0.197. The number of benzene rings is 1. The first-order valence-corrected chi connectivity index (χ1v) is 7.73. The quantitative estimate of drug-likeness (QED) is 0.754. The van der Waals surface area contributed by atoms with E-state index >= 15 is 0 Å². The highest BCUT2D eigenvalue weighted by atomic mass is 19.1. The van der Waals surface area contributed by atoms with Crippen molar-refractivity contribution in [1.82, 2.24) is 15.1 Å². The third-order valence-electron chi connectivity index (χ3n) is 3.51. The van der Waals surface area contributed by atoms with E-state index in [2.05, 4.69) is 24.3 Å². The molecule has 2 rings (SSSR count). The van der Waals surface area contributed by atoms with Crippen molar-refractivity contribution in [3.05, 3.63) is 53.1 Å². The van der Waals surface area contributed by atoms with Gasteiger partial charge in [0.15, 0.2) is 0 Å². The summed E-state index contributed by atoms with van der Waals surface area (Å²) in [6.07, 6.45) is 5.20. The van der Waals surface area contributed by atoms with Crippen molar-refractivity contribution >= 4 is 0 Å². The van der Waals surface area contributed by atoms with Crippen LogP contribution in [0.1, 0.15) is 43.5 Å². The third kappa shape index (κ3) is 4.39. The number of hydrogen-bond acceptors (Lipinski definition) is 2. The van der Waals surface area contributed by atoms with E-state index in [0.717, 1.165) is 37.9 Å². The topological polar surface area (TPSA) is 29.9 Å². The fraction of sp³-hybridized carbons (Fsp3) is 0.471. The molecule has 0 spiro atoms. The Kier molecular flexibility index (Phi) is 5.93. The Hall–Kier alpha value is -1.68. The molecule has 0 radical (unpaired) electrons. The van der Waals surface area contributed by atoms with Crippen molar-refractivity contribution in [3.8, 4) is 0 Å². The van der Waals surface area contributed by atoms with E-state index in [1.807, 2.05) is 23.0 Å². The number of halogens is 1. The van der Waals surface area contributed by atoms with Crippen molar-refractivity contribution in [1.29, 1.82) is 0 Å². The second-order valence-electron chi connectivity index (χ2n) is 5.33. The molecule has 0 aliphatic heterocycles. The van der Waals surface area contributed by atoms with Gasteiger partial charge in [-0.1, -0.05) is 32.4 Å². The molecule has 1 aromatic heterocycles. The highest BCUT2D eigenvalue weighted by molar-refractivity contribution is 5.21. The number of aromatic nitrogens is 2. The van der Waals surface area contributed by atoms with Crippen LogP contribution in [0.5, 0.6) is 0 Å². The zero-order valence-electron chi connectivity index (χ0n) is 12.9. The lowest BCUT2D eigenvalue weighted by atomic mass is 10.1. The van der Waals surface area contributed by atoms with E-state index in [4.69, 9.17) is 0 Å². The normalized spacial score (nSPS) is 11.0. The van der Waals surface area contributed by atoms with E-state index in [9.17, 15) is 4.39 Å². The average molecular weight is 289 g/mol. The third-order valence-corrected chi connectivity index (χ3v) is 3.51. The molecule has 1 N–H and O–H groups in total. The molecule has 114 valence electrons. The number of nitrogens with zero attached hydrogens (tertiary/aromatic N) is 2. The Bertz CT molecular complexity index is 546. The van der Waals surface area contributed by atoms with E-state index in [1.165, 1.54) is 23.4 Å². The molecule has 0 saturated carbocycles. The smallest absolute Gasteiger partial charge is 0.123 e. The van der Waals surface area contributed by atoms with E-state index in [1.54, 1.807) is 0 Å². The summed E-state index contributed by atoms with van der Waals surface area (Å²) < 4.78 is 15.0. The average Bonchev–Trinajstić information content (AvgIpc) is 2.85. The summed E-state index contributed by atoms with van der Waals surface area (Å²) in [6.45, 7) is 6.93. The molecule has 3 nitrogen and oxygen atoms in total. The van der Waals surface area contributed by atoms with Crippen molar-refractivity contribution in [2.45, 2.75) is 46.2 Å². The fourth-order valence-corrected chi connectivity index (χ4v) is 2.42. The summed E-state index contributed by atoms with van der Waals surface area (Å²) in [4.78, 5) is 0. The number of hydrogen-bond donors (Lipinski definition) is 1. The highest BCUT2D eigenvalue weighted by Gasteiger charge is 2.10. The Labute approximate surface area is 126 Å². The zero-order chi connectivity index (χ0) is 15.1. The zero-order valence-corrected chi connectivity index (χ0v) is 12.9. The second-order valence-corrected chi connectivity index (χ2v) is 5.33. The van der Waals surface area contributed by atoms with Crippen LogP contribution in [-0.4, -0.2) is 16.3 Å². The standard InChI is InChI=1S/C17H24FN3/c1-3-5-17-15(11-19-10-4-2)12-20-21(17)13-14-6-8-16(18)9-7-14/h6-9,12,19H,3-5,10-11,13H2,1-2H3. The fourth-order valence-electron chi connectivity index (χ4n) is 2.42. The van der Waals surface area contributed by atoms with Crippen LogP contribution in [0, 0.1) is 5.82 Å². The summed E-state index contributed by atoms with van der Waals surface area (Å²) in [5.74, 6) is -0.197. The molecular weight excluding hydrogens is 265 g/mol.